The molecule has 1 atom stereocenters. The summed E-state index contributed by atoms with van der Waals surface area (Å²) in [5.41, 5.74) is 2.33. The average Bonchev–Trinajstić information content (AvgIpc) is 3.25. The summed E-state index contributed by atoms with van der Waals surface area (Å²) in [4.78, 5) is 14.7. The summed E-state index contributed by atoms with van der Waals surface area (Å²) in [5.74, 6) is 1.57. The fourth-order valence-corrected chi connectivity index (χ4v) is 3.34. The Labute approximate surface area is 135 Å². The molecule has 2 aromatic rings. The van der Waals surface area contributed by atoms with Crippen LogP contribution in [0.15, 0.2) is 15.1 Å². The van der Waals surface area contributed by atoms with Crippen molar-refractivity contribution in [3.05, 3.63) is 34.5 Å². The standard InChI is InChI=1S/C17H23N3O3/c1-4-7-12-10-13(19-22-12)17(21)20-9-6-8-14(20)16-11(3)18-23-15(16)5-2/h10,14H,4-9H2,1-3H3/t14-/m0/s1. The second-order valence-corrected chi connectivity index (χ2v) is 6.04. The molecule has 124 valence electrons. The van der Waals surface area contributed by atoms with E-state index in [2.05, 4.69) is 17.2 Å². The van der Waals surface area contributed by atoms with Crippen LogP contribution in [0.25, 0.3) is 0 Å². The molecule has 3 heterocycles. The Bertz CT molecular complexity index is 689. The van der Waals surface area contributed by atoms with Gasteiger partial charge >= 0.3 is 0 Å². The third-order valence-corrected chi connectivity index (χ3v) is 4.43. The summed E-state index contributed by atoms with van der Waals surface area (Å²) in [6, 6.07) is 1.79. The van der Waals surface area contributed by atoms with Gasteiger partial charge in [-0.15, -0.1) is 0 Å². The highest BCUT2D eigenvalue weighted by Gasteiger charge is 2.35. The van der Waals surface area contributed by atoms with E-state index in [1.54, 1.807) is 6.07 Å². The van der Waals surface area contributed by atoms with Gasteiger partial charge in [-0.05, 0) is 26.2 Å². The Hall–Kier alpha value is -2.11. The van der Waals surface area contributed by atoms with Crippen LogP contribution in [-0.2, 0) is 12.8 Å². The van der Waals surface area contributed by atoms with Crippen molar-refractivity contribution in [3.8, 4) is 0 Å². The van der Waals surface area contributed by atoms with Gasteiger partial charge in [0.1, 0.15) is 11.5 Å². The predicted molar refractivity (Wildman–Crippen MR) is 84.1 cm³/mol. The number of aromatic nitrogens is 2. The quantitative estimate of drug-likeness (QED) is 0.844. The molecule has 0 saturated carbocycles. The lowest BCUT2D eigenvalue weighted by Crippen LogP contribution is -2.31. The Morgan fingerprint density at radius 2 is 2.17 bits per heavy atom. The molecule has 3 rings (SSSR count). The van der Waals surface area contributed by atoms with Gasteiger partial charge in [-0.25, -0.2) is 0 Å². The largest absolute Gasteiger partial charge is 0.361 e. The SMILES string of the molecule is CCCc1cc(C(=O)N2CCC[C@H]2c2c(C)noc2CC)no1. The summed E-state index contributed by atoms with van der Waals surface area (Å²) >= 11 is 0. The maximum atomic E-state index is 12.8. The monoisotopic (exact) mass is 317 g/mol. The Morgan fingerprint density at radius 3 is 2.91 bits per heavy atom. The molecule has 0 bridgehead atoms. The summed E-state index contributed by atoms with van der Waals surface area (Å²) in [6.07, 6.45) is 4.45. The zero-order valence-electron chi connectivity index (χ0n) is 14.0. The number of carbonyl (C=O) groups is 1. The molecule has 1 aliphatic heterocycles. The first-order chi connectivity index (χ1) is 11.2. The first-order valence-electron chi connectivity index (χ1n) is 8.37. The van der Waals surface area contributed by atoms with E-state index >= 15 is 0 Å². The second kappa shape index (κ2) is 6.56. The second-order valence-electron chi connectivity index (χ2n) is 6.04. The van der Waals surface area contributed by atoms with Crippen molar-refractivity contribution in [2.45, 2.75) is 58.9 Å². The van der Waals surface area contributed by atoms with Crippen LogP contribution in [0.3, 0.4) is 0 Å². The number of hydrogen-bond donors (Lipinski definition) is 0. The van der Waals surface area contributed by atoms with Crippen molar-refractivity contribution >= 4 is 5.91 Å². The van der Waals surface area contributed by atoms with E-state index in [1.807, 2.05) is 18.7 Å². The van der Waals surface area contributed by atoms with Gasteiger partial charge in [-0.1, -0.05) is 24.2 Å². The molecule has 0 aromatic carbocycles. The van der Waals surface area contributed by atoms with Gasteiger partial charge < -0.3 is 13.9 Å². The summed E-state index contributed by atoms with van der Waals surface area (Å²) in [5, 5.41) is 8.03. The molecule has 6 nitrogen and oxygen atoms in total. The Balaban J connectivity index is 1.85. The third-order valence-electron chi connectivity index (χ3n) is 4.43. The van der Waals surface area contributed by atoms with Crippen molar-refractivity contribution in [1.82, 2.24) is 15.2 Å². The number of amides is 1. The topological polar surface area (TPSA) is 72.4 Å². The first kappa shape index (κ1) is 15.8. The average molecular weight is 317 g/mol. The van der Waals surface area contributed by atoms with Crippen molar-refractivity contribution in [3.63, 3.8) is 0 Å². The first-order valence-corrected chi connectivity index (χ1v) is 8.37. The highest BCUT2D eigenvalue weighted by atomic mass is 16.5. The zero-order valence-corrected chi connectivity index (χ0v) is 14.0. The Morgan fingerprint density at radius 1 is 1.35 bits per heavy atom. The Kier molecular flexibility index (Phi) is 4.50. The minimum Gasteiger partial charge on any atom is -0.361 e. The van der Waals surface area contributed by atoms with Gasteiger partial charge in [-0.2, -0.15) is 0 Å². The maximum Gasteiger partial charge on any atom is 0.276 e. The molecule has 1 aliphatic rings. The van der Waals surface area contributed by atoms with Crippen LogP contribution in [0.2, 0.25) is 0 Å². The van der Waals surface area contributed by atoms with Crippen molar-refractivity contribution in [2.24, 2.45) is 0 Å². The lowest BCUT2D eigenvalue weighted by Gasteiger charge is -2.24. The highest BCUT2D eigenvalue weighted by Crippen LogP contribution is 2.36. The number of nitrogens with zero attached hydrogens (tertiary/aromatic N) is 3. The lowest BCUT2D eigenvalue weighted by molar-refractivity contribution is 0.0724. The molecule has 0 unspecified atom stereocenters. The highest BCUT2D eigenvalue weighted by molar-refractivity contribution is 5.92. The number of hydrogen-bond acceptors (Lipinski definition) is 5. The zero-order chi connectivity index (χ0) is 16.4. The smallest absolute Gasteiger partial charge is 0.276 e. The van der Waals surface area contributed by atoms with Crippen LogP contribution >= 0.6 is 0 Å². The van der Waals surface area contributed by atoms with Crippen LogP contribution < -0.4 is 0 Å². The van der Waals surface area contributed by atoms with Crippen molar-refractivity contribution in [1.29, 1.82) is 0 Å². The van der Waals surface area contributed by atoms with Gasteiger partial charge in [0.25, 0.3) is 5.91 Å². The number of rotatable bonds is 5. The minimum atomic E-state index is -0.0683. The number of aryl methyl sites for hydroxylation is 3. The van der Waals surface area contributed by atoms with Gasteiger partial charge in [0.2, 0.25) is 0 Å². The summed E-state index contributed by atoms with van der Waals surface area (Å²) < 4.78 is 10.7. The molecule has 1 amide bonds. The van der Waals surface area contributed by atoms with Gasteiger partial charge in [0.05, 0.1) is 11.7 Å². The summed E-state index contributed by atoms with van der Waals surface area (Å²) in [7, 11) is 0. The van der Waals surface area contributed by atoms with E-state index in [0.717, 1.165) is 61.4 Å². The third kappa shape index (κ3) is 2.90. The van der Waals surface area contributed by atoms with Crippen molar-refractivity contribution in [2.75, 3.05) is 6.54 Å². The molecular formula is C17H23N3O3. The molecule has 23 heavy (non-hydrogen) atoms. The normalized spacial score (nSPS) is 17.9. The molecule has 2 aromatic heterocycles. The van der Waals surface area contributed by atoms with E-state index in [-0.39, 0.29) is 11.9 Å². The van der Waals surface area contributed by atoms with Crippen LogP contribution in [0, 0.1) is 6.92 Å². The number of carbonyl (C=O) groups excluding carboxylic acids is 1. The molecule has 1 fully saturated rings. The predicted octanol–water partition coefficient (Wildman–Crippen LogP) is 3.46. The minimum absolute atomic E-state index is 0.0232. The van der Waals surface area contributed by atoms with Crippen LogP contribution in [-0.4, -0.2) is 27.7 Å². The van der Waals surface area contributed by atoms with Gasteiger partial charge in [0, 0.05) is 31.0 Å². The van der Waals surface area contributed by atoms with Crippen LogP contribution in [0.4, 0.5) is 0 Å². The van der Waals surface area contributed by atoms with Gasteiger partial charge in [0.15, 0.2) is 5.69 Å². The van der Waals surface area contributed by atoms with Gasteiger partial charge in [-0.3, -0.25) is 4.79 Å². The van der Waals surface area contributed by atoms with Crippen molar-refractivity contribution < 1.29 is 13.8 Å². The fraction of sp³-hybridized carbons (Fsp3) is 0.588. The fourth-order valence-electron chi connectivity index (χ4n) is 3.34. The lowest BCUT2D eigenvalue weighted by atomic mass is 10.0. The molecule has 0 aliphatic carbocycles. The summed E-state index contributed by atoms with van der Waals surface area (Å²) in [6.45, 7) is 6.78. The molecule has 1 saturated heterocycles. The molecule has 0 N–H and O–H groups in total. The molecular weight excluding hydrogens is 294 g/mol. The molecule has 0 radical (unpaired) electrons. The van der Waals surface area contributed by atoms with Crippen LogP contribution in [0.5, 0.6) is 0 Å². The van der Waals surface area contributed by atoms with E-state index in [4.69, 9.17) is 9.05 Å². The van der Waals surface area contributed by atoms with E-state index in [1.165, 1.54) is 0 Å². The maximum absolute atomic E-state index is 12.8. The number of likely N-dealkylation sites (tertiary alicyclic amines) is 1. The van der Waals surface area contributed by atoms with Crippen LogP contribution in [0.1, 0.15) is 72.4 Å². The van der Waals surface area contributed by atoms with E-state index < -0.39 is 0 Å². The molecule has 6 heteroatoms. The van der Waals surface area contributed by atoms with E-state index in [9.17, 15) is 4.79 Å². The molecule has 0 spiro atoms. The van der Waals surface area contributed by atoms with E-state index in [0.29, 0.717) is 5.69 Å².